The first-order chi connectivity index (χ1) is 12.8. The van der Waals surface area contributed by atoms with Crippen molar-refractivity contribution in [1.82, 2.24) is 19.4 Å². The van der Waals surface area contributed by atoms with Gasteiger partial charge in [0.05, 0.1) is 12.3 Å². The van der Waals surface area contributed by atoms with Gasteiger partial charge in [0.2, 0.25) is 0 Å². The molecule has 3 aromatic rings. The van der Waals surface area contributed by atoms with Crippen LogP contribution in [0, 0.1) is 0 Å². The van der Waals surface area contributed by atoms with Crippen molar-refractivity contribution < 1.29 is 9.21 Å². The highest BCUT2D eigenvalue weighted by molar-refractivity contribution is 5.91. The third-order valence-corrected chi connectivity index (χ3v) is 5.74. The zero-order valence-electron chi connectivity index (χ0n) is 14.7. The maximum Gasteiger partial charge on any atom is 0.289 e. The number of carbonyl (C=O) groups is 1. The average molecular weight is 350 g/mol. The lowest BCUT2D eigenvalue weighted by molar-refractivity contribution is 0.0756. The highest BCUT2D eigenvalue weighted by Gasteiger charge is 2.33. The van der Waals surface area contributed by atoms with Crippen molar-refractivity contribution in [3.63, 3.8) is 0 Å². The molecule has 134 valence electrons. The molecule has 1 aliphatic carbocycles. The number of fused-ring (bicyclic) bond motifs is 1. The second-order valence-corrected chi connectivity index (χ2v) is 7.34. The Morgan fingerprint density at radius 1 is 1.15 bits per heavy atom. The minimum absolute atomic E-state index is 0.0303. The molecule has 0 bridgehead atoms. The number of aromatic nitrogens is 3. The summed E-state index contributed by atoms with van der Waals surface area (Å²) in [5.74, 6) is 2.06. The van der Waals surface area contributed by atoms with Crippen molar-refractivity contribution in [2.24, 2.45) is 0 Å². The number of furan rings is 1. The van der Waals surface area contributed by atoms with Crippen LogP contribution in [-0.2, 0) is 0 Å². The van der Waals surface area contributed by atoms with E-state index >= 15 is 0 Å². The van der Waals surface area contributed by atoms with Gasteiger partial charge >= 0.3 is 0 Å². The molecule has 1 amide bonds. The number of carbonyl (C=O) groups excluding carboxylic acids is 1. The Hall–Kier alpha value is -2.63. The lowest BCUT2D eigenvalue weighted by Crippen LogP contribution is -2.29. The van der Waals surface area contributed by atoms with Crippen LogP contribution < -0.4 is 0 Å². The Morgan fingerprint density at radius 3 is 2.85 bits per heavy atom. The van der Waals surface area contributed by atoms with Gasteiger partial charge in [-0.1, -0.05) is 12.8 Å². The smallest absolute Gasteiger partial charge is 0.289 e. The average Bonchev–Trinajstić information content (AvgIpc) is 3.47. The van der Waals surface area contributed by atoms with Crippen molar-refractivity contribution in [2.75, 3.05) is 13.1 Å². The summed E-state index contributed by atoms with van der Waals surface area (Å²) >= 11 is 0. The highest BCUT2D eigenvalue weighted by atomic mass is 16.3. The van der Waals surface area contributed by atoms with Crippen LogP contribution in [0.1, 0.15) is 60.4 Å². The molecule has 0 spiro atoms. The Bertz CT molecular complexity index is 925. The Labute approximate surface area is 151 Å². The minimum Gasteiger partial charge on any atom is -0.459 e. The van der Waals surface area contributed by atoms with E-state index in [0.29, 0.717) is 18.2 Å². The van der Waals surface area contributed by atoms with Crippen LogP contribution in [0.5, 0.6) is 0 Å². The molecule has 0 radical (unpaired) electrons. The molecule has 0 aromatic carbocycles. The van der Waals surface area contributed by atoms with Crippen molar-refractivity contribution >= 4 is 17.1 Å². The van der Waals surface area contributed by atoms with Crippen LogP contribution in [0.4, 0.5) is 0 Å². The van der Waals surface area contributed by atoms with Gasteiger partial charge in [-0.15, -0.1) is 0 Å². The molecule has 2 fully saturated rings. The summed E-state index contributed by atoms with van der Waals surface area (Å²) in [6.07, 6.45) is 9.25. The van der Waals surface area contributed by atoms with Gasteiger partial charge < -0.3 is 13.9 Å². The SMILES string of the molecule is O=C(c1ccco1)N1CC[C@H](n2c(C3CCCC3)nc3cccnc32)C1. The Morgan fingerprint density at radius 2 is 2.04 bits per heavy atom. The van der Waals surface area contributed by atoms with Gasteiger partial charge in [-0.2, -0.15) is 0 Å². The summed E-state index contributed by atoms with van der Waals surface area (Å²) in [5.41, 5.74) is 1.91. The monoisotopic (exact) mass is 350 g/mol. The van der Waals surface area contributed by atoms with Gasteiger partial charge in [-0.05, 0) is 43.5 Å². The van der Waals surface area contributed by atoms with Crippen LogP contribution >= 0.6 is 0 Å². The van der Waals surface area contributed by atoms with Crippen LogP contribution in [0.2, 0.25) is 0 Å². The van der Waals surface area contributed by atoms with E-state index in [1.807, 2.05) is 23.2 Å². The molecule has 3 aromatic heterocycles. The topological polar surface area (TPSA) is 64.2 Å². The van der Waals surface area contributed by atoms with E-state index in [9.17, 15) is 4.79 Å². The number of nitrogens with zero attached hydrogens (tertiary/aromatic N) is 4. The first kappa shape index (κ1) is 15.6. The fourth-order valence-electron chi connectivity index (χ4n) is 4.47. The number of amides is 1. The van der Waals surface area contributed by atoms with Gasteiger partial charge in [0.15, 0.2) is 11.4 Å². The van der Waals surface area contributed by atoms with E-state index in [2.05, 4.69) is 9.55 Å². The van der Waals surface area contributed by atoms with Crippen molar-refractivity contribution in [1.29, 1.82) is 0 Å². The molecule has 1 aliphatic heterocycles. The molecule has 6 nitrogen and oxygen atoms in total. The van der Waals surface area contributed by atoms with E-state index in [1.54, 1.807) is 18.4 Å². The summed E-state index contributed by atoms with van der Waals surface area (Å²) in [6, 6.07) is 7.70. The third kappa shape index (κ3) is 2.52. The highest BCUT2D eigenvalue weighted by Crippen LogP contribution is 2.38. The maximum atomic E-state index is 12.6. The lowest BCUT2D eigenvalue weighted by atomic mass is 10.1. The predicted octanol–water partition coefficient (Wildman–Crippen LogP) is 3.77. The van der Waals surface area contributed by atoms with Gasteiger partial charge in [0, 0.05) is 25.2 Å². The maximum absolute atomic E-state index is 12.6. The molecule has 0 N–H and O–H groups in total. The number of pyridine rings is 1. The molecule has 4 heterocycles. The molecular formula is C20H22N4O2. The molecule has 1 atom stereocenters. The molecule has 0 unspecified atom stereocenters. The fraction of sp³-hybridized carbons (Fsp3) is 0.450. The zero-order valence-corrected chi connectivity index (χ0v) is 14.7. The summed E-state index contributed by atoms with van der Waals surface area (Å²) < 4.78 is 7.61. The molecule has 2 aliphatic rings. The summed E-state index contributed by atoms with van der Waals surface area (Å²) in [7, 11) is 0. The van der Waals surface area contributed by atoms with E-state index in [0.717, 1.165) is 30.0 Å². The number of hydrogen-bond acceptors (Lipinski definition) is 4. The quantitative estimate of drug-likeness (QED) is 0.721. The summed E-state index contributed by atoms with van der Waals surface area (Å²) in [5, 5.41) is 0. The van der Waals surface area contributed by atoms with Crippen molar-refractivity contribution in [3.8, 4) is 0 Å². The van der Waals surface area contributed by atoms with E-state index in [4.69, 9.17) is 9.40 Å². The van der Waals surface area contributed by atoms with Gasteiger partial charge in [0.1, 0.15) is 11.3 Å². The second-order valence-electron chi connectivity index (χ2n) is 7.34. The van der Waals surface area contributed by atoms with Crippen LogP contribution in [0.3, 0.4) is 0 Å². The van der Waals surface area contributed by atoms with Crippen LogP contribution in [0.15, 0.2) is 41.1 Å². The first-order valence-electron chi connectivity index (χ1n) is 9.47. The number of rotatable bonds is 3. The standard InChI is InChI=1S/C20H22N4O2/c25-20(17-8-4-12-26-17)23-11-9-15(13-23)24-18(14-5-1-2-6-14)22-16-7-3-10-21-19(16)24/h3-4,7-8,10,12,14-15H,1-2,5-6,9,11,13H2/t15-/m0/s1. The molecule has 5 rings (SSSR count). The normalized spacial score (nSPS) is 21.1. The molecular weight excluding hydrogens is 328 g/mol. The van der Waals surface area contributed by atoms with Crippen molar-refractivity contribution in [3.05, 3.63) is 48.3 Å². The Kier molecular flexibility index (Phi) is 3.76. The summed E-state index contributed by atoms with van der Waals surface area (Å²) in [6.45, 7) is 1.42. The predicted molar refractivity (Wildman–Crippen MR) is 97.0 cm³/mol. The zero-order chi connectivity index (χ0) is 17.5. The first-order valence-corrected chi connectivity index (χ1v) is 9.47. The number of likely N-dealkylation sites (tertiary alicyclic amines) is 1. The van der Waals surface area contributed by atoms with Crippen molar-refractivity contribution in [2.45, 2.75) is 44.1 Å². The van der Waals surface area contributed by atoms with Crippen LogP contribution in [-0.4, -0.2) is 38.4 Å². The fourth-order valence-corrected chi connectivity index (χ4v) is 4.47. The van der Waals surface area contributed by atoms with Gasteiger partial charge in [-0.3, -0.25) is 4.79 Å². The van der Waals surface area contributed by atoms with E-state index in [-0.39, 0.29) is 11.9 Å². The lowest BCUT2D eigenvalue weighted by Gasteiger charge is -2.20. The van der Waals surface area contributed by atoms with E-state index in [1.165, 1.54) is 25.7 Å². The molecule has 1 saturated heterocycles. The molecule has 1 saturated carbocycles. The second kappa shape index (κ2) is 6.27. The Balaban J connectivity index is 1.49. The largest absolute Gasteiger partial charge is 0.459 e. The third-order valence-electron chi connectivity index (χ3n) is 5.74. The molecule has 26 heavy (non-hydrogen) atoms. The minimum atomic E-state index is -0.0303. The molecule has 6 heteroatoms. The summed E-state index contributed by atoms with van der Waals surface area (Å²) in [4.78, 5) is 24.1. The van der Waals surface area contributed by atoms with Crippen LogP contribution in [0.25, 0.3) is 11.2 Å². The van der Waals surface area contributed by atoms with Gasteiger partial charge in [0.25, 0.3) is 5.91 Å². The number of hydrogen-bond donors (Lipinski definition) is 0. The number of imidazole rings is 1. The van der Waals surface area contributed by atoms with E-state index < -0.39 is 0 Å². The van der Waals surface area contributed by atoms with Gasteiger partial charge in [-0.25, -0.2) is 9.97 Å².